The Balaban J connectivity index is 1.66. The number of hydrogen-bond acceptors (Lipinski definition) is 7. The molecule has 8 heteroatoms. The lowest BCUT2D eigenvalue weighted by Gasteiger charge is -2.35. The van der Waals surface area contributed by atoms with Crippen molar-refractivity contribution < 1.29 is 13.2 Å². The molecule has 0 saturated carbocycles. The van der Waals surface area contributed by atoms with Crippen LogP contribution in [-0.4, -0.2) is 54.9 Å². The molecule has 0 unspecified atom stereocenters. The van der Waals surface area contributed by atoms with E-state index in [1.54, 1.807) is 6.20 Å². The molecule has 1 aliphatic carbocycles. The molecule has 2 aromatic heterocycles. The summed E-state index contributed by atoms with van der Waals surface area (Å²) in [6, 6.07) is 3.98. The first-order valence-corrected chi connectivity index (χ1v) is 12.3. The Morgan fingerprint density at radius 2 is 2.13 bits per heavy atom. The average Bonchev–Trinajstić information content (AvgIpc) is 3.22. The smallest absolute Gasteiger partial charge is 0.162 e. The topological polar surface area (TPSA) is 85.3 Å². The highest BCUT2D eigenvalue weighted by Crippen LogP contribution is 2.36. The molecule has 0 radical (unpaired) electrons. The Kier molecular flexibility index (Phi) is 5.06. The van der Waals surface area contributed by atoms with E-state index in [4.69, 9.17) is 14.7 Å². The van der Waals surface area contributed by atoms with Crippen molar-refractivity contribution in [3.8, 4) is 11.4 Å². The van der Waals surface area contributed by atoms with Crippen LogP contribution in [0.25, 0.3) is 17.5 Å². The van der Waals surface area contributed by atoms with Crippen LogP contribution in [0.4, 0.5) is 5.82 Å². The molecule has 0 aromatic carbocycles. The van der Waals surface area contributed by atoms with Gasteiger partial charge in [-0.05, 0) is 25.8 Å². The maximum atomic E-state index is 12.9. The molecule has 0 amide bonds. The molecule has 2 saturated heterocycles. The van der Waals surface area contributed by atoms with Gasteiger partial charge in [-0.1, -0.05) is 18.6 Å². The first-order valence-electron chi connectivity index (χ1n) is 10.6. The zero-order valence-corrected chi connectivity index (χ0v) is 17.9. The van der Waals surface area contributed by atoms with Crippen LogP contribution in [0.3, 0.4) is 0 Å². The number of anilines is 1. The lowest BCUT2D eigenvalue weighted by atomic mass is 10.1. The SMILES string of the molecule is C[C@@H]1COCCN1c1cc([C@H]2CCCCS2(=O)=O)nc(-c2ccnc3c2C=CC3)n1. The van der Waals surface area contributed by atoms with Gasteiger partial charge >= 0.3 is 0 Å². The Labute approximate surface area is 177 Å². The summed E-state index contributed by atoms with van der Waals surface area (Å²) in [4.78, 5) is 16.4. The number of nitrogens with zero attached hydrogens (tertiary/aromatic N) is 4. The Morgan fingerprint density at radius 1 is 1.23 bits per heavy atom. The summed E-state index contributed by atoms with van der Waals surface area (Å²) in [5, 5.41) is -0.562. The third-order valence-corrected chi connectivity index (χ3v) is 8.41. The number of rotatable bonds is 3. The van der Waals surface area contributed by atoms with Crippen LogP contribution < -0.4 is 4.90 Å². The Bertz CT molecular complexity index is 1100. The second-order valence-electron chi connectivity index (χ2n) is 8.27. The number of hydrogen-bond donors (Lipinski definition) is 0. The summed E-state index contributed by atoms with van der Waals surface area (Å²) in [6.45, 7) is 4.09. The van der Waals surface area contributed by atoms with E-state index in [-0.39, 0.29) is 11.8 Å². The van der Waals surface area contributed by atoms with Gasteiger partial charge in [0.25, 0.3) is 0 Å². The van der Waals surface area contributed by atoms with Gasteiger partial charge in [0, 0.05) is 36.4 Å². The third-order valence-electron chi connectivity index (χ3n) is 6.21. The molecule has 4 heterocycles. The highest BCUT2D eigenvalue weighted by Gasteiger charge is 2.33. The normalized spacial score (nSPS) is 25.3. The van der Waals surface area contributed by atoms with Crippen LogP contribution in [0.2, 0.25) is 0 Å². The number of fused-ring (bicyclic) bond motifs is 1. The van der Waals surface area contributed by atoms with Gasteiger partial charge < -0.3 is 9.64 Å². The van der Waals surface area contributed by atoms with E-state index in [0.29, 0.717) is 31.2 Å². The third kappa shape index (κ3) is 3.52. The van der Waals surface area contributed by atoms with Gasteiger partial charge in [-0.25, -0.2) is 18.4 Å². The highest BCUT2D eigenvalue weighted by molar-refractivity contribution is 7.91. The zero-order valence-electron chi connectivity index (χ0n) is 17.1. The molecule has 2 fully saturated rings. The molecule has 7 nitrogen and oxygen atoms in total. The van der Waals surface area contributed by atoms with Crippen molar-refractivity contribution in [3.63, 3.8) is 0 Å². The second kappa shape index (κ2) is 7.74. The number of aromatic nitrogens is 3. The van der Waals surface area contributed by atoms with E-state index in [0.717, 1.165) is 48.4 Å². The van der Waals surface area contributed by atoms with Crippen LogP contribution in [0.5, 0.6) is 0 Å². The van der Waals surface area contributed by atoms with Gasteiger partial charge in [-0.3, -0.25) is 4.98 Å². The minimum absolute atomic E-state index is 0.167. The number of ether oxygens (including phenoxy) is 1. The van der Waals surface area contributed by atoms with Crippen molar-refractivity contribution >= 4 is 21.7 Å². The fourth-order valence-electron chi connectivity index (χ4n) is 4.59. The van der Waals surface area contributed by atoms with Crippen molar-refractivity contribution in [2.24, 2.45) is 0 Å². The molecule has 2 atom stereocenters. The molecule has 2 aliphatic heterocycles. The highest BCUT2D eigenvalue weighted by atomic mass is 32.2. The summed E-state index contributed by atoms with van der Waals surface area (Å²) in [7, 11) is -3.21. The van der Waals surface area contributed by atoms with E-state index < -0.39 is 15.1 Å². The quantitative estimate of drug-likeness (QED) is 0.746. The fourth-order valence-corrected chi connectivity index (χ4v) is 6.49. The van der Waals surface area contributed by atoms with E-state index in [1.807, 2.05) is 12.1 Å². The molecule has 3 aliphatic rings. The molecule has 158 valence electrons. The number of pyridine rings is 1. The van der Waals surface area contributed by atoms with E-state index in [9.17, 15) is 8.42 Å². The molecular formula is C22H26N4O3S. The maximum absolute atomic E-state index is 12.9. The molecule has 0 bridgehead atoms. The predicted molar refractivity (Wildman–Crippen MR) is 116 cm³/mol. The van der Waals surface area contributed by atoms with Gasteiger partial charge in [0.15, 0.2) is 15.7 Å². The van der Waals surface area contributed by atoms with Crippen LogP contribution in [0, 0.1) is 0 Å². The monoisotopic (exact) mass is 426 g/mol. The van der Waals surface area contributed by atoms with E-state index in [2.05, 4.69) is 29.0 Å². The molecule has 2 aromatic rings. The van der Waals surface area contributed by atoms with Crippen molar-refractivity contribution in [1.82, 2.24) is 15.0 Å². The summed E-state index contributed by atoms with van der Waals surface area (Å²) >= 11 is 0. The fraction of sp³-hybridized carbons (Fsp3) is 0.500. The first kappa shape index (κ1) is 19.6. The number of allylic oxidation sites excluding steroid dienone is 1. The lowest BCUT2D eigenvalue weighted by molar-refractivity contribution is 0.0985. The largest absolute Gasteiger partial charge is 0.377 e. The van der Waals surface area contributed by atoms with E-state index in [1.165, 1.54) is 0 Å². The van der Waals surface area contributed by atoms with Crippen LogP contribution in [0.1, 0.15) is 48.4 Å². The van der Waals surface area contributed by atoms with Gasteiger partial charge in [0.2, 0.25) is 0 Å². The van der Waals surface area contributed by atoms with E-state index >= 15 is 0 Å². The van der Waals surface area contributed by atoms with Gasteiger partial charge in [-0.15, -0.1) is 0 Å². The summed E-state index contributed by atoms with van der Waals surface area (Å²) < 4.78 is 31.3. The summed E-state index contributed by atoms with van der Waals surface area (Å²) in [5.41, 5.74) is 3.56. The van der Waals surface area contributed by atoms with Crippen LogP contribution in [-0.2, 0) is 21.0 Å². The average molecular weight is 427 g/mol. The lowest BCUT2D eigenvalue weighted by Crippen LogP contribution is -2.44. The molecule has 30 heavy (non-hydrogen) atoms. The molecule has 0 N–H and O–H groups in total. The standard InChI is InChI=1S/C22H26N4O3S/c1-15-14-29-11-10-26(15)21-13-19(20-7-2-3-12-30(20,27)28)24-22(25-21)17-8-9-23-18-6-4-5-16(17)18/h4-5,8-9,13,15,20H,2-3,6-7,10-12,14H2,1H3/t15-,20-/m1/s1. The number of sulfone groups is 1. The minimum Gasteiger partial charge on any atom is -0.377 e. The van der Waals surface area contributed by atoms with Crippen molar-refractivity contribution in [3.05, 3.63) is 41.4 Å². The molecular weight excluding hydrogens is 400 g/mol. The molecule has 5 rings (SSSR count). The van der Waals surface area contributed by atoms with Gasteiger partial charge in [0.05, 0.1) is 36.4 Å². The summed E-state index contributed by atoms with van der Waals surface area (Å²) in [6.07, 6.45) is 8.97. The second-order valence-corrected chi connectivity index (χ2v) is 10.6. The first-order chi connectivity index (χ1) is 14.5. The van der Waals surface area contributed by atoms with Crippen molar-refractivity contribution in [2.75, 3.05) is 30.4 Å². The van der Waals surface area contributed by atoms with Crippen molar-refractivity contribution in [2.45, 2.75) is 43.9 Å². The van der Waals surface area contributed by atoms with Crippen molar-refractivity contribution in [1.29, 1.82) is 0 Å². The van der Waals surface area contributed by atoms with Crippen LogP contribution in [0.15, 0.2) is 24.4 Å². The Morgan fingerprint density at radius 3 is 2.97 bits per heavy atom. The maximum Gasteiger partial charge on any atom is 0.162 e. The predicted octanol–water partition coefficient (Wildman–Crippen LogP) is 2.97. The van der Waals surface area contributed by atoms with Gasteiger partial charge in [-0.2, -0.15) is 0 Å². The minimum atomic E-state index is -3.21. The number of morpholine rings is 1. The van der Waals surface area contributed by atoms with Gasteiger partial charge in [0.1, 0.15) is 11.1 Å². The molecule has 0 spiro atoms. The Hall–Kier alpha value is -2.32. The zero-order chi connectivity index (χ0) is 20.7. The summed E-state index contributed by atoms with van der Waals surface area (Å²) in [5.74, 6) is 1.58. The van der Waals surface area contributed by atoms with Crippen LogP contribution >= 0.6 is 0 Å².